The number of hydrogen-bond acceptors (Lipinski definition) is 4. The first kappa shape index (κ1) is 12.2. The van der Waals surface area contributed by atoms with Crippen molar-refractivity contribution in [2.75, 3.05) is 5.75 Å². The van der Waals surface area contributed by atoms with Crippen molar-refractivity contribution < 1.29 is 0 Å². The molecule has 3 rings (SSSR count). The molecule has 96 valence electrons. The van der Waals surface area contributed by atoms with Crippen molar-refractivity contribution in [3.63, 3.8) is 0 Å². The molecule has 0 radical (unpaired) electrons. The summed E-state index contributed by atoms with van der Waals surface area (Å²) < 4.78 is 0. The van der Waals surface area contributed by atoms with Crippen LogP contribution < -0.4 is 5.73 Å². The van der Waals surface area contributed by atoms with Crippen molar-refractivity contribution in [2.45, 2.75) is 11.2 Å². The third-order valence-electron chi connectivity index (χ3n) is 2.99. The lowest BCUT2D eigenvalue weighted by molar-refractivity contribution is 0.829. The zero-order valence-electron chi connectivity index (χ0n) is 10.3. The zero-order valence-corrected chi connectivity index (χ0v) is 11.1. The molecule has 3 aromatic rings. The quantitative estimate of drug-likeness (QED) is 0.715. The molecular formula is C14H14N4S. The number of aromatic nitrogens is 3. The summed E-state index contributed by atoms with van der Waals surface area (Å²) in [6.45, 7) is 0. The highest BCUT2D eigenvalue weighted by molar-refractivity contribution is 7.99. The van der Waals surface area contributed by atoms with Crippen LogP contribution in [-0.4, -0.2) is 20.9 Å². The summed E-state index contributed by atoms with van der Waals surface area (Å²) in [5.41, 5.74) is 7.36. The lowest BCUT2D eigenvalue weighted by Crippen LogP contribution is -2.12. The van der Waals surface area contributed by atoms with E-state index in [9.17, 15) is 0 Å². The van der Waals surface area contributed by atoms with Crippen LogP contribution in [0.3, 0.4) is 0 Å². The normalized spacial score (nSPS) is 12.7. The summed E-state index contributed by atoms with van der Waals surface area (Å²) in [5, 5.41) is 9.90. The summed E-state index contributed by atoms with van der Waals surface area (Å²) in [6.07, 6.45) is 1.50. The average Bonchev–Trinajstić information content (AvgIpc) is 2.97. The van der Waals surface area contributed by atoms with Gasteiger partial charge in [0.05, 0.1) is 0 Å². The molecule has 4 nitrogen and oxygen atoms in total. The van der Waals surface area contributed by atoms with E-state index >= 15 is 0 Å². The van der Waals surface area contributed by atoms with Gasteiger partial charge in [-0.3, -0.25) is 5.10 Å². The van der Waals surface area contributed by atoms with Crippen molar-refractivity contribution in [1.29, 1.82) is 0 Å². The maximum Gasteiger partial charge on any atom is 0.183 e. The van der Waals surface area contributed by atoms with Gasteiger partial charge in [-0.05, 0) is 22.4 Å². The molecule has 0 fully saturated rings. The number of nitrogens with zero attached hydrogens (tertiary/aromatic N) is 2. The first-order chi connectivity index (χ1) is 9.33. The predicted octanol–water partition coefficient (Wildman–Crippen LogP) is 2.75. The number of rotatable bonds is 4. The topological polar surface area (TPSA) is 67.6 Å². The van der Waals surface area contributed by atoms with Gasteiger partial charge < -0.3 is 5.73 Å². The fourth-order valence-electron chi connectivity index (χ4n) is 1.97. The minimum atomic E-state index is -0.0142. The number of H-pyrrole nitrogens is 1. The van der Waals surface area contributed by atoms with Crippen LogP contribution in [0.25, 0.3) is 10.8 Å². The van der Waals surface area contributed by atoms with Gasteiger partial charge in [-0.15, -0.1) is 0 Å². The molecule has 0 saturated carbocycles. The molecule has 0 spiro atoms. The van der Waals surface area contributed by atoms with E-state index in [2.05, 4.69) is 45.5 Å². The minimum Gasteiger partial charge on any atom is -0.323 e. The third-order valence-corrected chi connectivity index (χ3v) is 3.99. The number of thioether (sulfide) groups is 1. The summed E-state index contributed by atoms with van der Waals surface area (Å²) in [6, 6.07) is 14.6. The number of fused-ring (bicyclic) bond motifs is 1. The van der Waals surface area contributed by atoms with E-state index in [1.165, 1.54) is 17.1 Å². The first-order valence-electron chi connectivity index (χ1n) is 6.05. The predicted molar refractivity (Wildman–Crippen MR) is 78.0 cm³/mol. The van der Waals surface area contributed by atoms with Crippen LogP contribution in [-0.2, 0) is 0 Å². The molecule has 1 aromatic heterocycles. The Morgan fingerprint density at radius 3 is 2.79 bits per heavy atom. The first-order valence-corrected chi connectivity index (χ1v) is 7.04. The van der Waals surface area contributed by atoms with E-state index < -0.39 is 0 Å². The van der Waals surface area contributed by atoms with Crippen LogP contribution >= 0.6 is 11.8 Å². The smallest absolute Gasteiger partial charge is 0.183 e. The Kier molecular flexibility index (Phi) is 3.48. The van der Waals surface area contributed by atoms with E-state index in [0.717, 1.165) is 16.5 Å². The molecule has 2 aromatic carbocycles. The minimum absolute atomic E-state index is 0.0142. The second-order valence-electron chi connectivity index (χ2n) is 4.31. The molecule has 0 bridgehead atoms. The molecule has 0 amide bonds. The largest absolute Gasteiger partial charge is 0.323 e. The van der Waals surface area contributed by atoms with Crippen LogP contribution in [0.2, 0.25) is 0 Å². The number of benzene rings is 2. The Bertz CT molecular complexity index is 666. The molecule has 1 atom stereocenters. The monoisotopic (exact) mass is 270 g/mol. The van der Waals surface area contributed by atoms with Gasteiger partial charge in [0.25, 0.3) is 0 Å². The Morgan fingerprint density at radius 2 is 2.00 bits per heavy atom. The van der Waals surface area contributed by atoms with E-state index in [0.29, 0.717) is 0 Å². The maximum absolute atomic E-state index is 6.22. The molecular weight excluding hydrogens is 256 g/mol. The molecule has 0 aliphatic carbocycles. The summed E-state index contributed by atoms with van der Waals surface area (Å²) in [4.78, 5) is 4.07. The van der Waals surface area contributed by atoms with Crippen molar-refractivity contribution in [3.8, 4) is 0 Å². The molecule has 1 heterocycles. The van der Waals surface area contributed by atoms with Crippen LogP contribution in [0.5, 0.6) is 0 Å². The highest BCUT2D eigenvalue weighted by atomic mass is 32.2. The third kappa shape index (κ3) is 2.77. The number of nitrogens with one attached hydrogen (secondary N) is 1. The lowest BCUT2D eigenvalue weighted by atomic mass is 10.0. The summed E-state index contributed by atoms with van der Waals surface area (Å²) in [7, 11) is 0. The van der Waals surface area contributed by atoms with E-state index in [4.69, 9.17) is 5.73 Å². The highest BCUT2D eigenvalue weighted by Gasteiger charge is 2.08. The van der Waals surface area contributed by atoms with Gasteiger partial charge in [-0.25, -0.2) is 4.98 Å². The second kappa shape index (κ2) is 5.42. The van der Waals surface area contributed by atoms with Crippen LogP contribution in [0.1, 0.15) is 11.6 Å². The highest BCUT2D eigenvalue weighted by Crippen LogP contribution is 2.23. The fourth-order valence-corrected chi connectivity index (χ4v) is 2.74. The van der Waals surface area contributed by atoms with Crippen molar-refractivity contribution >= 4 is 22.5 Å². The van der Waals surface area contributed by atoms with Gasteiger partial charge in [0.1, 0.15) is 6.33 Å². The second-order valence-corrected chi connectivity index (χ2v) is 5.32. The molecule has 19 heavy (non-hydrogen) atoms. The Balaban J connectivity index is 1.75. The van der Waals surface area contributed by atoms with Crippen LogP contribution in [0.4, 0.5) is 0 Å². The standard InChI is InChI=1S/C14H14N4S/c15-13(8-19-14-16-9-17-18-14)12-6-5-10-3-1-2-4-11(10)7-12/h1-7,9,13H,8,15H2,(H,16,17,18). The maximum atomic E-state index is 6.22. The van der Waals surface area contributed by atoms with E-state index in [-0.39, 0.29) is 6.04 Å². The Morgan fingerprint density at radius 1 is 1.16 bits per heavy atom. The molecule has 5 heteroatoms. The molecule has 0 aliphatic heterocycles. The number of aromatic amines is 1. The summed E-state index contributed by atoms with van der Waals surface area (Å²) in [5.74, 6) is 0.771. The SMILES string of the molecule is NC(CSc1ncn[nH]1)c1ccc2ccccc2c1. The number of hydrogen-bond donors (Lipinski definition) is 2. The van der Waals surface area contributed by atoms with Crippen LogP contribution in [0, 0.1) is 0 Å². The van der Waals surface area contributed by atoms with E-state index in [1.807, 2.05) is 12.1 Å². The van der Waals surface area contributed by atoms with Gasteiger partial charge >= 0.3 is 0 Å². The summed E-state index contributed by atoms with van der Waals surface area (Å²) >= 11 is 1.58. The fraction of sp³-hybridized carbons (Fsp3) is 0.143. The van der Waals surface area contributed by atoms with Gasteiger partial charge in [0.2, 0.25) is 0 Å². The number of nitrogens with two attached hydrogens (primary N) is 1. The van der Waals surface area contributed by atoms with Crippen molar-refractivity contribution in [3.05, 3.63) is 54.4 Å². The molecule has 0 aliphatic rings. The van der Waals surface area contributed by atoms with Crippen molar-refractivity contribution in [1.82, 2.24) is 15.2 Å². The van der Waals surface area contributed by atoms with Crippen molar-refractivity contribution in [2.24, 2.45) is 5.73 Å². The van der Waals surface area contributed by atoms with Gasteiger partial charge in [0.15, 0.2) is 5.16 Å². The molecule has 3 N–H and O–H groups in total. The van der Waals surface area contributed by atoms with Crippen LogP contribution in [0.15, 0.2) is 53.9 Å². The molecule has 1 unspecified atom stereocenters. The average molecular weight is 270 g/mol. The lowest BCUT2D eigenvalue weighted by Gasteiger charge is -2.11. The Labute approximate surface area is 115 Å². The van der Waals surface area contributed by atoms with Gasteiger partial charge in [0, 0.05) is 11.8 Å². The van der Waals surface area contributed by atoms with Gasteiger partial charge in [-0.1, -0.05) is 48.2 Å². The molecule has 0 saturated heterocycles. The Hall–Kier alpha value is -1.85. The zero-order chi connectivity index (χ0) is 13.1. The van der Waals surface area contributed by atoms with Gasteiger partial charge in [-0.2, -0.15) is 5.10 Å². The van der Waals surface area contributed by atoms with E-state index in [1.54, 1.807) is 11.8 Å².